The number of aromatic nitrogens is 3. The predicted molar refractivity (Wildman–Crippen MR) is 122 cm³/mol. The molecule has 0 radical (unpaired) electrons. The van der Waals surface area contributed by atoms with Crippen LogP contribution in [-0.2, 0) is 0 Å². The fourth-order valence-electron chi connectivity index (χ4n) is 3.74. The van der Waals surface area contributed by atoms with E-state index in [1.54, 1.807) is 31.3 Å². The Morgan fingerprint density at radius 3 is 2.67 bits per heavy atom. The second-order valence-electron chi connectivity index (χ2n) is 7.62. The van der Waals surface area contributed by atoms with Crippen molar-refractivity contribution in [3.63, 3.8) is 0 Å². The number of thiazole rings is 1. The number of amidine groups is 1. The van der Waals surface area contributed by atoms with Gasteiger partial charge in [0.25, 0.3) is 0 Å². The van der Waals surface area contributed by atoms with Crippen molar-refractivity contribution in [3.05, 3.63) is 75.3 Å². The van der Waals surface area contributed by atoms with E-state index in [9.17, 15) is 18.3 Å². The number of aliphatic hydroxyl groups is 1. The lowest BCUT2D eigenvalue weighted by Crippen LogP contribution is -2.33. The average molecular weight is 496 g/mol. The van der Waals surface area contributed by atoms with Crippen LogP contribution >= 0.6 is 22.9 Å². The summed E-state index contributed by atoms with van der Waals surface area (Å²) in [6, 6.07) is 7.40. The maximum absolute atomic E-state index is 12.8. The summed E-state index contributed by atoms with van der Waals surface area (Å²) in [5, 5.41) is 17.2. The minimum atomic E-state index is -2.66. The molecular weight excluding hydrogens is 475 g/mol. The fourth-order valence-corrected chi connectivity index (χ4v) is 4.56. The van der Waals surface area contributed by atoms with E-state index in [4.69, 9.17) is 11.6 Å². The zero-order valence-electron chi connectivity index (χ0n) is 17.6. The molecule has 33 heavy (non-hydrogen) atoms. The number of allylic oxidation sites excluding steroid dienone is 1. The van der Waals surface area contributed by atoms with Crippen LogP contribution in [0.2, 0.25) is 5.02 Å². The Morgan fingerprint density at radius 2 is 2.09 bits per heavy atom. The van der Waals surface area contributed by atoms with E-state index in [2.05, 4.69) is 20.0 Å². The molecule has 2 unspecified atom stereocenters. The number of hydrogen-bond acceptors (Lipinski definition) is 6. The number of halogens is 4. The SMILES string of the molecule is CC(O)C1CC2=C(c3ccn(C(F)F)n3)CN=C(c3nccs3)N2C1.Fc1cccc(Cl)c1. The second kappa shape index (κ2) is 10.1. The molecule has 174 valence electrons. The molecule has 6 nitrogen and oxygen atoms in total. The number of aliphatic imine (C=N–C) groups is 1. The van der Waals surface area contributed by atoms with E-state index in [1.807, 2.05) is 5.38 Å². The van der Waals surface area contributed by atoms with Crippen LogP contribution in [0.5, 0.6) is 0 Å². The zero-order chi connectivity index (χ0) is 23.5. The first-order valence-corrected chi connectivity index (χ1v) is 11.5. The molecule has 4 heterocycles. The van der Waals surface area contributed by atoms with Gasteiger partial charge < -0.3 is 10.0 Å². The summed E-state index contributed by atoms with van der Waals surface area (Å²) < 4.78 is 38.4. The van der Waals surface area contributed by atoms with Gasteiger partial charge in [-0.25, -0.2) is 14.1 Å². The zero-order valence-corrected chi connectivity index (χ0v) is 19.1. The summed E-state index contributed by atoms with van der Waals surface area (Å²) in [7, 11) is 0. The summed E-state index contributed by atoms with van der Waals surface area (Å²) in [4.78, 5) is 11.0. The van der Waals surface area contributed by atoms with Crippen molar-refractivity contribution < 1.29 is 18.3 Å². The van der Waals surface area contributed by atoms with Gasteiger partial charge in [0.05, 0.1) is 18.3 Å². The number of alkyl halides is 2. The van der Waals surface area contributed by atoms with Crippen molar-refractivity contribution in [3.8, 4) is 0 Å². The number of fused-ring (bicyclic) bond motifs is 1. The van der Waals surface area contributed by atoms with Gasteiger partial charge in [0.1, 0.15) is 5.82 Å². The molecule has 11 heteroatoms. The molecule has 0 aliphatic carbocycles. The highest BCUT2D eigenvalue weighted by molar-refractivity contribution is 7.11. The van der Waals surface area contributed by atoms with Gasteiger partial charge >= 0.3 is 6.55 Å². The Labute approximate surface area is 197 Å². The third-order valence-electron chi connectivity index (χ3n) is 5.40. The van der Waals surface area contributed by atoms with Crippen LogP contribution in [0.25, 0.3) is 5.57 Å². The quantitative estimate of drug-likeness (QED) is 0.547. The number of benzene rings is 1. The summed E-state index contributed by atoms with van der Waals surface area (Å²) in [5.74, 6) is 0.549. The van der Waals surface area contributed by atoms with Crippen LogP contribution in [0.1, 0.15) is 30.6 Å². The number of hydrogen-bond donors (Lipinski definition) is 1. The van der Waals surface area contributed by atoms with Crippen molar-refractivity contribution in [2.45, 2.75) is 26.0 Å². The van der Waals surface area contributed by atoms with Crippen LogP contribution in [0.4, 0.5) is 13.2 Å². The average Bonchev–Trinajstić information content (AvgIpc) is 3.53. The third-order valence-corrected chi connectivity index (χ3v) is 6.40. The van der Waals surface area contributed by atoms with Crippen molar-refractivity contribution >= 4 is 34.3 Å². The molecule has 2 aromatic heterocycles. The highest BCUT2D eigenvalue weighted by Crippen LogP contribution is 2.38. The minimum Gasteiger partial charge on any atom is -0.393 e. The molecule has 5 rings (SSSR count). The van der Waals surface area contributed by atoms with Crippen LogP contribution < -0.4 is 0 Å². The molecule has 1 saturated heterocycles. The normalized spacial score (nSPS) is 18.7. The molecule has 2 aliphatic heterocycles. The second-order valence-corrected chi connectivity index (χ2v) is 8.95. The third kappa shape index (κ3) is 5.29. The molecule has 2 aliphatic rings. The van der Waals surface area contributed by atoms with E-state index >= 15 is 0 Å². The van der Waals surface area contributed by atoms with E-state index in [-0.39, 0.29) is 11.7 Å². The summed E-state index contributed by atoms with van der Waals surface area (Å²) >= 11 is 6.91. The Morgan fingerprint density at radius 1 is 1.27 bits per heavy atom. The van der Waals surface area contributed by atoms with Crippen LogP contribution in [0.15, 0.2) is 58.8 Å². The van der Waals surface area contributed by atoms with Crippen molar-refractivity contribution in [1.29, 1.82) is 0 Å². The van der Waals surface area contributed by atoms with Crippen molar-refractivity contribution in [2.75, 3.05) is 13.1 Å². The summed E-state index contributed by atoms with van der Waals surface area (Å²) in [6.45, 7) is 0.106. The van der Waals surface area contributed by atoms with Crippen LogP contribution in [0, 0.1) is 11.7 Å². The van der Waals surface area contributed by atoms with Crippen molar-refractivity contribution in [1.82, 2.24) is 19.7 Å². The van der Waals surface area contributed by atoms with Gasteiger partial charge in [0, 0.05) is 46.5 Å². The van der Waals surface area contributed by atoms with Gasteiger partial charge in [0.2, 0.25) is 0 Å². The van der Waals surface area contributed by atoms with E-state index in [0.717, 1.165) is 22.1 Å². The molecule has 0 saturated carbocycles. The lowest BCUT2D eigenvalue weighted by molar-refractivity contribution is 0.0565. The Kier molecular flexibility index (Phi) is 7.16. The standard InChI is InChI=1S/C16H17F2N5OS.C6H4ClF/c1-9(24)10-6-13-11(12-2-4-23(21-12)16(17)18)7-20-14(22(13)8-10)15-19-3-5-25-15;7-5-2-1-3-6(8)4-5/h2-5,9-10,16,24H,6-8H2,1H3;1-4H. The lowest BCUT2D eigenvalue weighted by atomic mass is 9.99. The maximum Gasteiger partial charge on any atom is 0.333 e. The molecule has 0 bridgehead atoms. The molecular formula is C22H21ClF3N5OS. The number of nitrogens with zero attached hydrogens (tertiary/aromatic N) is 5. The van der Waals surface area contributed by atoms with E-state index in [1.165, 1.54) is 29.7 Å². The molecule has 0 amide bonds. The largest absolute Gasteiger partial charge is 0.393 e. The molecule has 1 N–H and O–H groups in total. The van der Waals surface area contributed by atoms with Crippen LogP contribution in [0.3, 0.4) is 0 Å². The van der Waals surface area contributed by atoms with E-state index in [0.29, 0.717) is 34.9 Å². The first kappa shape index (κ1) is 23.5. The summed E-state index contributed by atoms with van der Waals surface area (Å²) in [6.07, 6.45) is 3.21. The predicted octanol–water partition coefficient (Wildman–Crippen LogP) is 5.09. The topological polar surface area (TPSA) is 66.5 Å². The van der Waals surface area contributed by atoms with E-state index < -0.39 is 12.7 Å². The Hall–Kier alpha value is -2.69. The van der Waals surface area contributed by atoms with Gasteiger partial charge in [-0.05, 0) is 37.6 Å². The van der Waals surface area contributed by atoms with Crippen LogP contribution in [-0.4, -0.2) is 49.8 Å². The highest BCUT2D eigenvalue weighted by Gasteiger charge is 2.37. The highest BCUT2D eigenvalue weighted by atomic mass is 35.5. The number of rotatable bonds is 4. The monoisotopic (exact) mass is 495 g/mol. The van der Waals surface area contributed by atoms with Gasteiger partial charge in [-0.2, -0.15) is 13.9 Å². The minimum absolute atomic E-state index is 0.0606. The number of aliphatic hydroxyl groups excluding tert-OH is 1. The first-order chi connectivity index (χ1) is 15.8. The molecule has 2 atom stereocenters. The van der Waals surface area contributed by atoms with Gasteiger partial charge in [-0.1, -0.05) is 17.7 Å². The molecule has 3 aromatic rings. The fraction of sp³-hybridized carbons (Fsp3) is 0.318. The maximum atomic E-state index is 12.8. The Balaban J connectivity index is 0.000000275. The summed E-state index contributed by atoms with van der Waals surface area (Å²) in [5.41, 5.74) is 2.34. The van der Waals surface area contributed by atoms with Gasteiger partial charge in [-0.15, -0.1) is 11.3 Å². The van der Waals surface area contributed by atoms with Gasteiger partial charge in [-0.3, -0.25) is 4.99 Å². The smallest absolute Gasteiger partial charge is 0.333 e. The molecule has 1 aromatic carbocycles. The molecule has 1 fully saturated rings. The first-order valence-electron chi connectivity index (χ1n) is 10.2. The van der Waals surface area contributed by atoms with Gasteiger partial charge in [0.15, 0.2) is 10.8 Å². The van der Waals surface area contributed by atoms with Crippen molar-refractivity contribution in [2.24, 2.45) is 10.9 Å². The lowest BCUT2D eigenvalue weighted by Gasteiger charge is -2.27. The Bertz CT molecular complexity index is 1150. The molecule has 0 spiro atoms.